The van der Waals surface area contributed by atoms with Crippen LogP contribution in [0, 0.1) is 11.8 Å². The van der Waals surface area contributed by atoms with Gasteiger partial charge in [-0.2, -0.15) is 0 Å². The molecule has 3 heteroatoms. The average Bonchev–Trinajstić information content (AvgIpc) is 2.86. The van der Waals surface area contributed by atoms with Crippen LogP contribution >= 0.6 is 0 Å². The van der Waals surface area contributed by atoms with Crippen molar-refractivity contribution in [3.63, 3.8) is 0 Å². The largest absolute Gasteiger partial charge is 0.379 e. The van der Waals surface area contributed by atoms with Crippen molar-refractivity contribution in [2.75, 3.05) is 32.8 Å². The molecule has 23 heavy (non-hydrogen) atoms. The predicted molar refractivity (Wildman–Crippen MR) is 89.9 cm³/mol. The van der Waals surface area contributed by atoms with Crippen LogP contribution in [0.25, 0.3) is 11.1 Å². The van der Waals surface area contributed by atoms with Crippen LogP contribution in [0.15, 0.2) is 48.5 Å². The molecule has 0 aromatic heterocycles. The molecular weight excluding hydrogens is 286 g/mol. The highest BCUT2D eigenvalue weighted by Crippen LogP contribution is 2.46. The quantitative estimate of drug-likeness (QED) is 0.820. The molecule has 1 saturated heterocycles. The van der Waals surface area contributed by atoms with Crippen LogP contribution in [0.2, 0.25) is 0 Å². The number of rotatable bonds is 1. The lowest BCUT2D eigenvalue weighted by Crippen LogP contribution is -2.36. The molecule has 2 aromatic carbocycles. The molecular formula is C20H19NO2. The van der Waals surface area contributed by atoms with Crippen LogP contribution in [0.4, 0.5) is 0 Å². The van der Waals surface area contributed by atoms with Crippen molar-refractivity contribution in [3.05, 3.63) is 59.7 Å². The van der Waals surface area contributed by atoms with E-state index in [1.54, 1.807) is 0 Å². The molecule has 0 amide bonds. The molecule has 0 saturated carbocycles. The summed E-state index contributed by atoms with van der Waals surface area (Å²) in [5, 5.41) is 11.3. The SMILES string of the molecule is OC1(C#CCN2CCOCC2)c2ccccc2-c2ccccc21. The molecule has 1 N–H and O–H groups in total. The first-order chi connectivity index (χ1) is 11.3. The molecule has 1 fully saturated rings. The van der Waals surface area contributed by atoms with Crippen molar-refractivity contribution in [2.45, 2.75) is 5.60 Å². The normalized spacial score (nSPS) is 18.7. The van der Waals surface area contributed by atoms with Crippen molar-refractivity contribution in [1.82, 2.24) is 4.90 Å². The molecule has 2 aliphatic rings. The van der Waals surface area contributed by atoms with Gasteiger partial charge in [-0.3, -0.25) is 4.90 Å². The summed E-state index contributed by atoms with van der Waals surface area (Å²) in [6, 6.07) is 16.0. The van der Waals surface area contributed by atoms with E-state index in [1.165, 1.54) is 0 Å². The summed E-state index contributed by atoms with van der Waals surface area (Å²) in [4.78, 5) is 2.26. The second-order valence-electron chi connectivity index (χ2n) is 5.99. The third-order valence-electron chi connectivity index (χ3n) is 4.60. The van der Waals surface area contributed by atoms with Crippen molar-refractivity contribution in [3.8, 4) is 23.0 Å². The van der Waals surface area contributed by atoms with Gasteiger partial charge >= 0.3 is 0 Å². The second-order valence-corrected chi connectivity index (χ2v) is 5.99. The molecule has 1 aliphatic heterocycles. The van der Waals surface area contributed by atoms with E-state index >= 15 is 0 Å². The number of benzene rings is 2. The Morgan fingerprint density at radius 3 is 2.13 bits per heavy atom. The Morgan fingerprint density at radius 1 is 0.957 bits per heavy atom. The smallest absolute Gasteiger partial charge is 0.178 e. The Bertz CT molecular complexity index is 736. The van der Waals surface area contributed by atoms with Crippen molar-refractivity contribution < 1.29 is 9.84 Å². The third-order valence-corrected chi connectivity index (χ3v) is 4.60. The van der Waals surface area contributed by atoms with Gasteiger partial charge in [0.15, 0.2) is 5.60 Å². The number of morpholine rings is 1. The zero-order chi connectivity index (χ0) is 15.7. The van der Waals surface area contributed by atoms with E-state index in [-0.39, 0.29) is 0 Å². The lowest BCUT2D eigenvalue weighted by molar-refractivity contribution is 0.0442. The van der Waals surface area contributed by atoms with Gasteiger partial charge < -0.3 is 9.84 Å². The summed E-state index contributed by atoms with van der Waals surface area (Å²) in [6.07, 6.45) is 0. The van der Waals surface area contributed by atoms with Gasteiger partial charge in [0.1, 0.15) is 0 Å². The molecule has 1 heterocycles. The lowest BCUT2D eigenvalue weighted by atomic mass is 9.92. The van der Waals surface area contributed by atoms with Crippen LogP contribution in [-0.4, -0.2) is 42.9 Å². The van der Waals surface area contributed by atoms with Gasteiger partial charge in [-0.05, 0) is 11.1 Å². The van der Waals surface area contributed by atoms with Gasteiger partial charge in [0.25, 0.3) is 0 Å². The maximum atomic E-state index is 11.3. The molecule has 0 spiro atoms. The standard InChI is InChI=1S/C20H19NO2/c22-20(10-5-11-21-12-14-23-15-13-21)18-8-3-1-6-16(18)17-7-2-4-9-19(17)20/h1-4,6-9,22H,11-15H2. The molecule has 1 aliphatic carbocycles. The predicted octanol–water partition coefficient (Wildman–Crippen LogP) is 2.24. The van der Waals surface area contributed by atoms with Gasteiger partial charge in [-0.1, -0.05) is 60.4 Å². The fourth-order valence-corrected chi connectivity index (χ4v) is 3.39. The highest BCUT2D eigenvalue weighted by Gasteiger charge is 2.39. The monoisotopic (exact) mass is 305 g/mol. The van der Waals surface area contributed by atoms with Crippen LogP contribution in [0.5, 0.6) is 0 Å². The Kier molecular flexibility index (Phi) is 3.66. The molecule has 2 aromatic rings. The van der Waals surface area contributed by atoms with Gasteiger partial charge in [0.05, 0.1) is 19.8 Å². The number of nitrogens with zero attached hydrogens (tertiary/aromatic N) is 1. The van der Waals surface area contributed by atoms with E-state index in [2.05, 4.69) is 28.9 Å². The van der Waals surface area contributed by atoms with Crippen LogP contribution in [0.3, 0.4) is 0 Å². The molecule has 4 rings (SSSR count). The average molecular weight is 305 g/mol. The second kappa shape index (κ2) is 5.82. The van der Waals surface area contributed by atoms with E-state index < -0.39 is 5.60 Å². The molecule has 0 unspecified atom stereocenters. The summed E-state index contributed by atoms with van der Waals surface area (Å²) >= 11 is 0. The minimum Gasteiger partial charge on any atom is -0.379 e. The first-order valence-corrected chi connectivity index (χ1v) is 8.01. The van der Waals surface area contributed by atoms with Crippen molar-refractivity contribution >= 4 is 0 Å². The van der Waals surface area contributed by atoms with Crippen molar-refractivity contribution in [2.24, 2.45) is 0 Å². The summed E-state index contributed by atoms with van der Waals surface area (Å²) in [5.41, 5.74) is 2.71. The van der Waals surface area contributed by atoms with E-state index in [4.69, 9.17) is 4.74 Å². The van der Waals surface area contributed by atoms with Crippen molar-refractivity contribution in [1.29, 1.82) is 0 Å². The zero-order valence-electron chi connectivity index (χ0n) is 13.0. The number of hydrogen-bond donors (Lipinski definition) is 1. The Morgan fingerprint density at radius 2 is 1.52 bits per heavy atom. The summed E-state index contributed by atoms with van der Waals surface area (Å²) in [7, 11) is 0. The maximum absolute atomic E-state index is 11.3. The molecule has 0 bridgehead atoms. The Hall–Kier alpha value is -2.12. The molecule has 3 nitrogen and oxygen atoms in total. The third kappa shape index (κ3) is 2.46. The summed E-state index contributed by atoms with van der Waals surface area (Å²) < 4.78 is 5.35. The Labute approximate surface area is 136 Å². The first kappa shape index (κ1) is 14.5. The summed E-state index contributed by atoms with van der Waals surface area (Å²) in [6.45, 7) is 3.99. The number of ether oxygens (including phenoxy) is 1. The van der Waals surface area contributed by atoms with Gasteiger partial charge in [-0.15, -0.1) is 0 Å². The summed E-state index contributed by atoms with van der Waals surface area (Å²) in [5.74, 6) is 6.33. The van der Waals surface area contributed by atoms with E-state index in [9.17, 15) is 5.11 Å². The Balaban J connectivity index is 1.69. The number of hydrogen-bond acceptors (Lipinski definition) is 3. The number of fused-ring (bicyclic) bond motifs is 3. The highest BCUT2D eigenvalue weighted by molar-refractivity contribution is 5.81. The van der Waals surface area contributed by atoms with E-state index in [1.807, 2.05) is 36.4 Å². The maximum Gasteiger partial charge on any atom is 0.178 e. The first-order valence-electron chi connectivity index (χ1n) is 8.01. The van der Waals surface area contributed by atoms with Gasteiger partial charge in [0.2, 0.25) is 0 Å². The van der Waals surface area contributed by atoms with Crippen LogP contribution < -0.4 is 0 Å². The van der Waals surface area contributed by atoms with Gasteiger partial charge in [-0.25, -0.2) is 0 Å². The van der Waals surface area contributed by atoms with E-state index in [0.29, 0.717) is 6.54 Å². The van der Waals surface area contributed by atoms with E-state index in [0.717, 1.165) is 48.6 Å². The van der Waals surface area contributed by atoms with Crippen LogP contribution in [-0.2, 0) is 10.3 Å². The van der Waals surface area contributed by atoms with Crippen LogP contribution in [0.1, 0.15) is 11.1 Å². The lowest BCUT2D eigenvalue weighted by Gasteiger charge is -2.24. The highest BCUT2D eigenvalue weighted by atomic mass is 16.5. The zero-order valence-corrected chi connectivity index (χ0v) is 13.0. The molecule has 0 radical (unpaired) electrons. The van der Waals surface area contributed by atoms with Gasteiger partial charge in [0, 0.05) is 24.2 Å². The fraction of sp³-hybridized carbons (Fsp3) is 0.300. The fourth-order valence-electron chi connectivity index (χ4n) is 3.39. The topological polar surface area (TPSA) is 32.7 Å². The molecule has 0 atom stereocenters. The minimum atomic E-state index is -1.21. The molecule has 116 valence electrons. The minimum absolute atomic E-state index is 0.663. The number of aliphatic hydroxyl groups is 1.